The van der Waals surface area contributed by atoms with Crippen LogP contribution in [0.15, 0.2) is 91.0 Å². The van der Waals surface area contributed by atoms with Crippen LogP contribution in [0.4, 0.5) is 4.79 Å². The molecular weight excluding hydrogens is 339 g/mol. The summed E-state index contributed by atoms with van der Waals surface area (Å²) in [7, 11) is -3.00. The van der Waals surface area contributed by atoms with E-state index in [9.17, 15) is 4.79 Å². The standard InChI is InChI=1S/C23H25O2P/c1-23(2,3)25-22(24)26(19-13-7-4-8-14-19,20-15-9-5-10-16-20)21-17-11-6-12-18-21/h4-18,26H,1-3H3. The van der Waals surface area contributed by atoms with Crippen molar-refractivity contribution in [1.82, 2.24) is 0 Å². The first-order valence-corrected chi connectivity index (χ1v) is 10.8. The number of carbonyl (C=O) groups is 1. The summed E-state index contributed by atoms with van der Waals surface area (Å²) in [6.45, 7) is 5.76. The van der Waals surface area contributed by atoms with Gasteiger partial charge in [0.1, 0.15) is 0 Å². The Labute approximate surface area is 156 Å². The van der Waals surface area contributed by atoms with Crippen molar-refractivity contribution >= 4 is 28.9 Å². The van der Waals surface area contributed by atoms with Gasteiger partial charge in [-0.1, -0.05) is 0 Å². The van der Waals surface area contributed by atoms with Gasteiger partial charge in [-0.2, -0.15) is 0 Å². The van der Waals surface area contributed by atoms with Crippen molar-refractivity contribution in [1.29, 1.82) is 0 Å². The molecule has 26 heavy (non-hydrogen) atoms. The first-order valence-electron chi connectivity index (χ1n) is 8.84. The molecule has 3 aromatic rings. The molecular formula is C23H25O2P. The SMILES string of the molecule is CC(C)(C)OC(=O)[PH](c1ccccc1)(c1ccccc1)c1ccccc1. The van der Waals surface area contributed by atoms with Crippen LogP contribution in [-0.4, -0.2) is 11.3 Å². The molecule has 0 fully saturated rings. The molecule has 3 rings (SSSR count). The predicted octanol–water partition coefficient (Wildman–Crippen LogP) is 4.65. The Balaban J connectivity index is 2.34. The van der Waals surface area contributed by atoms with Gasteiger partial charge in [0.15, 0.2) is 0 Å². The first-order chi connectivity index (χ1) is 12.4. The molecule has 0 aliphatic rings. The fourth-order valence-electron chi connectivity index (χ4n) is 3.27. The zero-order chi connectivity index (χ0) is 18.6. The van der Waals surface area contributed by atoms with Gasteiger partial charge < -0.3 is 0 Å². The Morgan fingerprint density at radius 1 is 0.654 bits per heavy atom. The molecule has 3 aromatic carbocycles. The maximum atomic E-state index is 13.7. The Kier molecular flexibility index (Phi) is 5.25. The normalized spacial score (nSPS) is 12.4. The van der Waals surface area contributed by atoms with E-state index in [-0.39, 0.29) is 5.71 Å². The van der Waals surface area contributed by atoms with Crippen LogP contribution in [0.3, 0.4) is 0 Å². The summed E-state index contributed by atoms with van der Waals surface area (Å²) in [6.07, 6.45) is 0. The Morgan fingerprint density at radius 3 is 1.23 bits per heavy atom. The Hall–Kier alpha value is -2.44. The molecule has 0 radical (unpaired) electrons. The van der Waals surface area contributed by atoms with E-state index in [4.69, 9.17) is 4.74 Å². The third kappa shape index (κ3) is 3.57. The average Bonchev–Trinajstić information content (AvgIpc) is 2.64. The molecule has 0 saturated carbocycles. The van der Waals surface area contributed by atoms with Crippen LogP contribution in [0.1, 0.15) is 20.8 Å². The van der Waals surface area contributed by atoms with Crippen LogP contribution in [0, 0.1) is 0 Å². The second-order valence-electron chi connectivity index (χ2n) is 7.35. The maximum absolute atomic E-state index is 13.7. The van der Waals surface area contributed by atoms with E-state index in [2.05, 4.69) is 36.4 Å². The number of carbonyl (C=O) groups excluding carboxylic acids is 1. The molecule has 0 amide bonds. The van der Waals surface area contributed by atoms with Gasteiger partial charge in [0.25, 0.3) is 0 Å². The Morgan fingerprint density at radius 2 is 0.962 bits per heavy atom. The van der Waals surface area contributed by atoms with Gasteiger partial charge >= 0.3 is 156 Å². The number of ether oxygens (including phenoxy) is 1. The minimum absolute atomic E-state index is 0.131. The molecule has 3 heteroatoms. The fourth-order valence-corrected chi connectivity index (χ4v) is 7.52. The molecule has 0 aromatic heterocycles. The molecule has 0 bridgehead atoms. The van der Waals surface area contributed by atoms with Crippen molar-refractivity contribution in [2.75, 3.05) is 0 Å². The second kappa shape index (κ2) is 7.43. The monoisotopic (exact) mass is 364 g/mol. The third-order valence-corrected chi connectivity index (χ3v) is 8.64. The van der Waals surface area contributed by atoms with Crippen LogP contribution in [0.2, 0.25) is 0 Å². The summed E-state index contributed by atoms with van der Waals surface area (Å²) in [6, 6.07) is 30.2. The third-order valence-electron chi connectivity index (χ3n) is 4.33. The number of rotatable bonds is 4. The Bertz CT molecular complexity index is 756. The number of benzene rings is 3. The van der Waals surface area contributed by atoms with Gasteiger partial charge in [-0.3, -0.25) is 0 Å². The molecule has 2 nitrogen and oxygen atoms in total. The zero-order valence-corrected chi connectivity index (χ0v) is 16.5. The molecule has 0 aliphatic carbocycles. The molecule has 0 aliphatic heterocycles. The zero-order valence-electron chi connectivity index (χ0n) is 15.5. The van der Waals surface area contributed by atoms with Gasteiger partial charge in [-0.15, -0.1) is 0 Å². The first kappa shape index (κ1) is 18.4. The van der Waals surface area contributed by atoms with Crippen molar-refractivity contribution in [2.45, 2.75) is 26.4 Å². The molecule has 0 atom stereocenters. The summed E-state index contributed by atoms with van der Waals surface area (Å²) in [5.74, 6) is 0. The van der Waals surface area contributed by atoms with E-state index in [0.29, 0.717) is 0 Å². The summed E-state index contributed by atoms with van der Waals surface area (Å²) in [5, 5.41) is 3.10. The van der Waals surface area contributed by atoms with Crippen molar-refractivity contribution < 1.29 is 9.53 Å². The quantitative estimate of drug-likeness (QED) is 0.630. The molecule has 0 saturated heterocycles. The van der Waals surface area contributed by atoms with E-state index in [1.54, 1.807) is 0 Å². The van der Waals surface area contributed by atoms with E-state index < -0.39 is 12.9 Å². The van der Waals surface area contributed by atoms with Crippen LogP contribution in [-0.2, 0) is 4.74 Å². The minimum atomic E-state index is -3.00. The average molecular weight is 364 g/mol. The van der Waals surface area contributed by atoms with Crippen molar-refractivity contribution in [3.8, 4) is 0 Å². The van der Waals surface area contributed by atoms with Gasteiger partial charge in [0, 0.05) is 0 Å². The van der Waals surface area contributed by atoms with Crippen LogP contribution in [0.25, 0.3) is 0 Å². The topological polar surface area (TPSA) is 26.3 Å². The fraction of sp³-hybridized carbons (Fsp3) is 0.174. The van der Waals surface area contributed by atoms with Gasteiger partial charge in [-0.05, 0) is 0 Å². The van der Waals surface area contributed by atoms with Crippen LogP contribution < -0.4 is 15.9 Å². The van der Waals surface area contributed by atoms with Crippen LogP contribution >= 0.6 is 7.26 Å². The van der Waals surface area contributed by atoms with E-state index in [1.807, 2.05) is 75.4 Å². The van der Waals surface area contributed by atoms with E-state index in [1.165, 1.54) is 0 Å². The van der Waals surface area contributed by atoms with E-state index >= 15 is 0 Å². The molecule has 134 valence electrons. The number of hydrogen-bond acceptors (Lipinski definition) is 2. The molecule has 0 spiro atoms. The van der Waals surface area contributed by atoms with Gasteiger partial charge in [-0.25, -0.2) is 0 Å². The summed E-state index contributed by atoms with van der Waals surface area (Å²) in [4.78, 5) is 13.7. The second-order valence-corrected chi connectivity index (χ2v) is 11.0. The van der Waals surface area contributed by atoms with Crippen molar-refractivity contribution in [3.63, 3.8) is 0 Å². The molecule has 0 unspecified atom stereocenters. The van der Waals surface area contributed by atoms with E-state index in [0.717, 1.165) is 15.9 Å². The summed E-state index contributed by atoms with van der Waals surface area (Å²) in [5.41, 5.74) is -0.679. The summed E-state index contributed by atoms with van der Waals surface area (Å²) < 4.78 is 5.99. The van der Waals surface area contributed by atoms with Crippen LogP contribution in [0.5, 0.6) is 0 Å². The van der Waals surface area contributed by atoms with Gasteiger partial charge in [0.05, 0.1) is 0 Å². The van der Waals surface area contributed by atoms with Gasteiger partial charge in [0.2, 0.25) is 0 Å². The summed E-state index contributed by atoms with van der Waals surface area (Å²) >= 11 is 0. The predicted molar refractivity (Wildman–Crippen MR) is 113 cm³/mol. The number of hydrogen-bond donors (Lipinski definition) is 0. The molecule has 0 N–H and O–H groups in total. The van der Waals surface area contributed by atoms with Crippen molar-refractivity contribution in [2.24, 2.45) is 0 Å². The van der Waals surface area contributed by atoms with Crippen molar-refractivity contribution in [3.05, 3.63) is 91.0 Å². The molecule has 0 heterocycles.